The number of piperidine rings is 1. The van der Waals surface area contributed by atoms with Crippen LogP contribution in [0.3, 0.4) is 0 Å². The largest absolute Gasteiger partial charge is 0.469 e. The second kappa shape index (κ2) is 6.13. The normalized spacial score (nSPS) is 17.0. The fourth-order valence-electron chi connectivity index (χ4n) is 2.64. The van der Waals surface area contributed by atoms with Gasteiger partial charge in [0, 0.05) is 12.6 Å². The molecular formula is C15H18N2O4. The van der Waals surface area contributed by atoms with Gasteiger partial charge in [0.15, 0.2) is 5.76 Å². The van der Waals surface area contributed by atoms with E-state index in [1.165, 1.54) is 7.11 Å². The van der Waals surface area contributed by atoms with Gasteiger partial charge in [-0.25, -0.2) is 0 Å². The molecule has 0 atom stereocenters. The Bertz CT molecular complexity index is 583. The molecule has 0 amide bonds. The van der Waals surface area contributed by atoms with Gasteiger partial charge in [0.1, 0.15) is 0 Å². The van der Waals surface area contributed by atoms with Crippen molar-refractivity contribution < 1.29 is 18.5 Å². The number of ether oxygens (including phenoxy) is 1. The van der Waals surface area contributed by atoms with Crippen molar-refractivity contribution in [2.24, 2.45) is 5.92 Å². The van der Waals surface area contributed by atoms with E-state index < -0.39 is 0 Å². The van der Waals surface area contributed by atoms with Crippen molar-refractivity contribution in [2.75, 3.05) is 20.2 Å². The molecule has 6 heteroatoms. The molecule has 0 saturated carbocycles. The van der Waals surface area contributed by atoms with Crippen LogP contribution in [0, 0.1) is 5.92 Å². The summed E-state index contributed by atoms with van der Waals surface area (Å²) in [5, 5.41) is 4.07. The predicted molar refractivity (Wildman–Crippen MR) is 74.2 cm³/mol. The molecule has 21 heavy (non-hydrogen) atoms. The van der Waals surface area contributed by atoms with E-state index >= 15 is 0 Å². The number of aromatic nitrogens is 1. The molecule has 0 aromatic carbocycles. The van der Waals surface area contributed by atoms with Crippen molar-refractivity contribution >= 4 is 5.97 Å². The number of likely N-dealkylation sites (tertiary alicyclic amines) is 1. The minimum Gasteiger partial charge on any atom is -0.469 e. The Morgan fingerprint density at radius 3 is 2.90 bits per heavy atom. The lowest BCUT2D eigenvalue weighted by molar-refractivity contribution is -0.147. The van der Waals surface area contributed by atoms with Gasteiger partial charge in [-0.05, 0) is 38.1 Å². The Hall–Kier alpha value is -2.08. The lowest BCUT2D eigenvalue weighted by Crippen LogP contribution is -2.36. The van der Waals surface area contributed by atoms with Gasteiger partial charge in [-0.15, -0.1) is 0 Å². The first-order valence-corrected chi connectivity index (χ1v) is 7.06. The molecule has 2 aromatic rings. The van der Waals surface area contributed by atoms with E-state index in [1.54, 1.807) is 6.26 Å². The zero-order valence-corrected chi connectivity index (χ0v) is 11.9. The van der Waals surface area contributed by atoms with Crippen LogP contribution in [-0.4, -0.2) is 36.2 Å². The monoisotopic (exact) mass is 290 g/mol. The van der Waals surface area contributed by atoms with Gasteiger partial charge in [0.2, 0.25) is 5.76 Å². The molecule has 1 saturated heterocycles. The smallest absolute Gasteiger partial charge is 0.308 e. The molecule has 0 bridgehead atoms. The van der Waals surface area contributed by atoms with Gasteiger partial charge in [-0.2, -0.15) is 0 Å². The number of carbonyl (C=O) groups is 1. The van der Waals surface area contributed by atoms with Crippen molar-refractivity contribution in [3.8, 4) is 11.5 Å². The third-order valence-corrected chi connectivity index (χ3v) is 3.83. The molecule has 0 spiro atoms. The zero-order chi connectivity index (χ0) is 14.7. The molecule has 6 nitrogen and oxygen atoms in total. The van der Waals surface area contributed by atoms with Crippen LogP contribution in [0.2, 0.25) is 0 Å². The molecule has 1 fully saturated rings. The maximum absolute atomic E-state index is 11.5. The lowest BCUT2D eigenvalue weighted by atomic mass is 9.97. The van der Waals surface area contributed by atoms with Gasteiger partial charge < -0.3 is 13.7 Å². The molecule has 112 valence electrons. The molecule has 0 N–H and O–H groups in total. The van der Waals surface area contributed by atoms with Crippen LogP contribution in [-0.2, 0) is 16.1 Å². The summed E-state index contributed by atoms with van der Waals surface area (Å²) in [6.07, 6.45) is 3.26. The molecule has 0 unspecified atom stereocenters. The summed E-state index contributed by atoms with van der Waals surface area (Å²) in [5.41, 5.74) is 0.873. The highest BCUT2D eigenvalue weighted by Crippen LogP contribution is 2.23. The van der Waals surface area contributed by atoms with E-state index in [0.29, 0.717) is 11.5 Å². The van der Waals surface area contributed by atoms with Crippen molar-refractivity contribution in [3.63, 3.8) is 0 Å². The van der Waals surface area contributed by atoms with Gasteiger partial charge in [0.05, 0.1) is 25.0 Å². The highest BCUT2D eigenvalue weighted by molar-refractivity contribution is 5.72. The lowest BCUT2D eigenvalue weighted by Gasteiger charge is -2.29. The Morgan fingerprint density at radius 1 is 1.43 bits per heavy atom. The van der Waals surface area contributed by atoms with Crippen molar-refractivity contribution in [3.05, 3.63) is 30.2 Å². The Balaban J connectivity index is 1.55. The van der Waals surface area contributed by atoms with Crippen molar-refractivity contribution in [1.82, 2.24) is 10.1 Å². The van der Waals surface area contributed by atoms with Gasteiger partial charge in [-0.3, -0.25) is 9.69 Å². The van der Waals surface area contributed by atoms with Crippen LogP contribution in [0.5, 0.6) is 0 Å². The summed E-state index contributed by atoms with van der Waals surface area (Å²) in [7, 11) is 1.44. The number of furan rings is 1. The summed E-state index contributed by atoms with van der Waals surface area (Å²) in [6, 6.07) is 5.55. The Labute approximate surface area is 122 Å². The van der Waals surface area contributed by atoms with Crippen LogP contribution in [0.25, 0.3) is 11.5 Å². The fourth-order valence-corrected chi connectivity index (χ4v) is 2.64. The van der Waals surface area contributed by atoms with E-state index in [9.17, 15) is 4.79 Å². The second-order valence-corrected chi connectivity index (χ2v) is 5.23. The number of methoxy groups -OCH3 is 1. The highest BCUT2D eigenvalue weighted by Gasteiger charge is 2.26. The summed E-state index contributed by atoms with van der Waals surface area (Å²) in [5.74, 6) is 1.25. The summed E-state index contributed by atoms with van der Waals surface area (Å²) >= 11 is 0. The third-order valence-electron chi connectivity index (χ3n) is 3.83. The molecule has 1 aliphatic rings. The molecule has 0 radical (unpaired) electrons. The van der Waals surface area contributed by atoms with Crippen LogP contribution in [0.4, 0.5) is 0 Å². The summed E-state index contributed by atoms with van der Waals surface area (Å²) in [4.78, 5) is 13.8. The van der Waals surface area contributed by atoms with Gasteiger partial charge in [0.25, 0.3) is 0 Å². The maximum atomic E-state index is 11.5. The highest BCUT2D eigenvalue weighted by atomic mass is 16.5. The standard InChI is InChI=1S/C15H18N2O4/c1-19-15(18)11-4-6-17(7-5-11)10-12-9-14(21-16-12)13-3-2-8-20-13/h2-3,8-9,11H,4-7,10H2,1H3. The average molecular weight is 290 g/mol. The molecular weight excluding hydrogens is 272 g/mol. The van der Waals surface area contributed by atoms with Crippen LogP contribution >= 0.6 is 0 Å². The predicted octanol–water partition coefficient (Wildman–Crippen LogP) is 2.32. The molecule has 1 aliphatic heterocycles. The fraction of sp³-hybridized carbons (Fsp3) is 0.467. The first kappa shape index (κ1) is 13.9. The molecule has 0 aliphatic carbocycles. The Morgan fingerprint density at radius 2 is 2.24 bits per heavy atom. The van der Waals surface area contributed by atoms with E-state index in [0.717, 1.165) is 38.2 Å². The van der Waals surface area contributed by atoms with Crippen LogP contribution in [0.1, 0.15) is 18.5 Å². The van der Waals surface area contributed by atoms with Gasteiger partial charge >= 0.3 is 5.97 Å². The van der Waals surface area contributed by atoms with Gasteiger partial charge in [-0.1, -0.05) is 5.16 Å². The van der Waals surface area contributed by atoms with Crippen molar-refractivity contribution in [1.29, 1.82) is 0 Å². The number of nitrogens with zero attached hydrogens (tertiary/aromatic N) is 2. The summed E-state index contributed by atoms with van der Waals surface area (Å²) in [6.45, 7) is 2.45. The number of esters is 1. The third kappa shape index (κ3) is 3.16. The second-order valence-electron chi connectivity index (χ2n) is 5.23. The quantitative estimate of drug-likeness (QED) is 0.805. The van der Waals surface area contributed by atoms with Crippen molar-refractivity contribution in [2.45, 2.75) is 19.4 Å². The molecule has 3 rings (SSSR count). The van der Waals surface area contributed by atoms with E-state index in [1.807, 2.05) is 18.2 Å². The minimum absolute atomic E-state index is 0.0299. The van der Waals surface area contributed by atoms with Crippen LogP contribution in [0.15, 0.2) is 33.4 Å². The molecule has 3 heterocycles. The number of carbonyl (C=O) groups excluding carboxylic acids is 1. The summed E-state index contributed by atoms with van der Waals surface area (Å²) < 4.78 is 15.4. The van der Waals surface area contributed by atoms with Crippen LogP contribution < -0.4 is 0 Å². The van der Waals surface area contributed by atoms with E-state index in [4.69, 9.17) is 13.7 Å². The SMILES string of the molecule is COC(=O)C1CCN(Cc2cc(-c3ccco3)on2)CC1. The number of hydrogen-bond donors (Lipinski definition) is 0. The van der Waals surface area contributed by atoms with E-state index in [-0.39, 0.29) is 11.9 Å². The minimum atomic E-state index is -0.101. The first-order valence-electron chi connectivity index (χ1n) is 7.06. The zero-order valence-electron chi connectivity index (χ0n) is 11.9. The number of hydrogen-bond acceptors (Lipinski definition) is 6. The first-order chi connectivity index (χ1) is 10.3. The number of rotatable bonds is 4. The van der Waals surface area contributed by atoms with E-state index in [2.05, 4.69) is 10.1 Å². The molecule has 2 aromatic heterocycles. The average Bonchev–Trinajstić information content (AvgIpc) is 3.18. The topological polar surface area (TPSA) is 68.7 Å². The Kier molecular flexibility index (Phi) is 4.06. The maximum Gasteiger partial charge on any atom is 0.308 e.